The number of ether oxygens (including phenoxy) is 1. The van der Waals surface area contributed by atoms with E-state index in [9.17, 15) is 4.79 Å². The van der Waals surface area contributed by atoms with Crippen molar-refractivity contribution in [2.75, 3.05) is 13.1 Å². The Morgan fingerprint density at radius 1 is 1.32 bits per heavy atom. The average Bonchev–Trinajstić information content (AvgIpc) is 2.79. The first-order valence-corrected chi connectivity index (χ1v) is 7.32. The molecule has 0 unspecified atom stereocenters. The zero-order valence-electron chi connectivity index (χ0n) is 12.3. The molecular formula is C15H26N2O2. The Labute approximate surface area is 116 Å². The van der Waals surface area contributed by atoms with Crippen LogP contribution in [0.2, 0.25) is 0 Å². The molecule has 1 N–H and O–H groups in total. The highest BCUT2D eigenvalue weighted by Gasteiger charge is 2.28. The minimum atomic E-state index is -0.423. The van der Waals surface area contributed by atoms with Crippen molar-refractivity contribution in [3.8, 4) is 0 Å². The lowest BCUT2D eigenvalue weighted by Crippen LogP contribution is -2.51. The lowest BCUT2D eigenvalue weighted by atomic mass is 10.0. The highest BCUT2D eigenvalue weighted by atomic mass is 16.6. The number of hydrogen-bond donors (Lipinski definition) is 1. The second-order valence-corrected chi connectivity index (χ2v) is 6.58. The fraction of sp³-hybridized carbons (Fsp3) is 0.800. The third-order valence-electron chi connectivity index (χ3n) is 3.67. The SMILES string of the molecule is CC(C)(C)OC(=O)N[C@@H]1CCCN(C2CC=CC2)C1. The summed E-state index contributed by atoms with van der Waals surface area (Å²) in [6, 6.07) is 0.868. The Hall–Kier alpha value is -1.03. The van der Waals surface area contributed by atoms with Gasteiger partial charge < -0.3 is 10.1 Å². The molecule has 1 fully saturated rings. The van der Waals surface area contributed by atoms with Gasteiger partial charge in [0.25, 0.3) is 0 Å². The average molecular weight is 266 g/mol. The summed E-state index contributed by atoms with van der Waals surface area (Å²) in [6.07, 6.45) is 8.74. The molecule has 19 heavy (non-hydrogen) atoms. The number of alkyl carbamates (subject to hydrolysis) is 1. The standard InChI is InChI=1S/C15H26N2O2/c1-15(2,3)19-14(18)16-12-7-6-10-17(11-12)13-8-4-5-9-13/h4-5,12-13H,6-11H2,1-3H3,(H,16,18)/t12-/m1/s1. The molecule has 0 bridgehead atoms. The van der Waals surface area contributed by atoms with Gasteiger partial charge in [-0.2, -0.15) is 0 Å². The lowest BCUT2D eigenvalue weighted by molar-refractivity contribution is 0.0457. The number of piperidine rings is 1. The first-order valence-electron chi connectivity index (χ1n) is 7.32. The van der Waals surface area contributed by atoms with E-state index in [1.165, 1.54) is 0 Å². The zero-order valence-corrected chi connectivity index (χ0v) is 12.3. The summed E-state index contributed by atoms with van der Waals surface area (Å²) in [5.41, 5.74) is -0.423. The number of nitrogens with zero attached hydrogens (tertiary/aromatic N) is 1. The molecule has 1 amide bonds. The predicted octanol–water partition coefficient (Wildman–Crippen LogP) is 2.69. The maximum Gasteiger partial charge on any atom is 0.407 e. The smallest absolute Gasteiger partial charge is 0.407 e. The lowest BCUT2D eigenvalue weighted by Gasteiger charge is -2.37. The van der Waals surface area contributed by atoms with E-state index in [1.807, 2.05) is 20.8 Å². The number of nitrogens with one attached hydrogen (secondary N) is 1. The summed E-state index contributed by atoms with van der Waals surface area (Å²) in [7, 11) is 0. The van der Waals surface area contributed by atoms with Gasteiger partial charge in [0.15, 0.2) is 0 Å². The summed E-state index contributed by atoms with van der Waals surface area (Å²) in [6.45, 7) is 7.78. The van der Waals surface area contributed by atoms with E-state index in [-0.39, 0.29) is 12.1 Å². The van der Waals surface area contributed by atoms with Gasteiger partial charge in [0.1, 0.15) is 5.60 Å². The Kier molecular flexibility index (Phi) is 4.50. The Morgan fingerprint density at radius 2 is 2.00 bits per heavy atom. The van der Waals surface area contributed by atoms with Crippen LogP contribution in [0.3, 0.4) is 0 Å². The highest BCUT2D eigenvalue weighted by molar-refractivity contribution is 5.68. The molecule has 1 saturated heterocycles. The van der Waals surface area contributed by atoms with E-state index in [0.29, 0.717) is 6.04 Å². The van der Waals surface area contributed by atoms with E-state index in [4.69, 9.17) is 4.74 Å². The van der Waals surface area contributed by atoms with Gasteiger partial charge in [-0.25, -0.2) is 4.79 Å². The maximum atomic E-state index is 11.8. The van der Waals surface area contributed by atoms with Crippen LogP contribution in [0, 0.1) is 0 Å². The number of amides is 1. The third kappa shape index (κ3) is 4.53. The van der Waals surface area contributed by atoms with Gasteiger partial charge in [0, 0.05) is 18.6 Å². The fourth-order valence-corrected chi connectivity index (χ4v) is 2.83. The van der Waals surface area contributed by atoms with Crippen molar-refractivity contribution >= 4 is 6.09 Å². The van der Waals surface area contributed by atoms with Crippen molar-refractivity contribution in [3.05, 3.63) is 12.2 Å². The first kappa shape index (κ1) is 14.4. The van der Waals surface area contributed by atoms with Gasteiger partial charge in [-0.3, -0.25) is 4.90 Å². The molecule has 2 rings (SSSR count). The number of rotatable bonds is 2. The number of hydrogen-bond acceptors (Lipinski definition) is 3. The van der Waals surface area contributed by atoms with Crippen molar-refractivity contribution in [3.63, 3.8) is 0 Å². The van der Waals surface area contributed by atoms with Crippen LogP contribution >= 0.6 is 0 Å². The quantitative estimate of drug-likeness (QED) is 0.781. The van der Waals surface area contributed by atoms with Gasteiger partial charge in [-0.1, -0.05) is 12.2 Å². The highest BCUT2D eigenvalue weighted by Crippen LogP contribution is 2.21. The van der Waals surface area contributed by atoms with Gasteiger partial charge in [0.05, 0.1) is 0 Å². The number of carbonyl (C=O) groups excluding carboxylic acids is 1. The molecule has 0 radical (unpaired) electrons. The van der Waals surface area contributed by atoms with Crippen LogP contribution in [0.5, 0.6) is 0 Å². The Bertz CT molecular complexity index is 339. The fourth-order valence-electron chi connectivity index (χ4n) is 2.83. The van der Waals surface area contributed by atoms with Crippen LogP contribution in [0.25, 0.3) is 0 Å². The van der Waals surface area contributed by atoms with Crippen LogP contribution in [0.15, 0.2) is 12.2 Å². The van der Waals surface area contributed by atoms with Crippen LogP contribution in [-0.4, -0.2) is 41.8 Å². The minimum absolute atomic E-state index is 0.226. The molecule has 1 aliphatic carbocycles. The second kappa shape index (κ2) is 5.95. The molecule has 0 spiro atoms. The largest absolute Gasteiger partial charge is 0.444 e. The minimum Gasteiger partial charge on any atom is -0.444 e. The molecular weight excluding hydrogens is 240 g/mol. The Balaban J connectivity index is 1.79. The summed E-state index contributed by atoms with van der Waals surface area (Å²) in [5, 5.41) is 3.01. The van der Waals surface area contributed by atoms with Crippen LogP contribution in [0.4, 0.5) is 4.79 Å². The van der Waals surface area contributed by atoms with Crippen molar-refractivity contribution in [2.24, 2.45) is 0 Å². The summed E-state index contributed by atoms with van der Waals surface area (Å²) >= 11 is 0. The third-order valence-corrected chi connectivity index (χ3v) is 3.67. The van der Waals surface area contributed by atoms with Crippen molar-refractivity contribution in [1.29, 1.82) is 0 Å². The maximum absolute atomic E-state index is 11.8. The zero-order chi connectivity index (χ0) is 13.9. The van der Waals surface area contributed by atoms with E-state index in [1.54, 1.807) is 0 Å². The molecule has 1 aliphatic heterocycles. The van der Waals surface area contributed by atoms with E-state index < -0.39 is 5.60 Å². The summed E-state index contributed by atoms with van der Waals surface area (Å²) < 4.78 is 5.32. The summed E-state index contributed by atoms with van der Waals surface area (Å²) in [4.78, 5) is 14.3. The number of carbonyl (C=O) groups is 1. The van der Waals surface area contributed by atoms with E-state index in [0.717, 1.165) is 38.8 Å². The van der Waals surface area contributed by atoms with Crippen LogP contribution in [0.1, 0.15) is 46.5 Å². The topological polar surface area (TPSA) is 41.6 Å². The molecule has 4 heteroatoms. The van der Waals surface area contributed by atoms with Gasteiger partial charge in [-0.05, 0) is 53.0 Å². The number of likely N-dealkylation sites (tertiary alicyclic amines) is 1. The molecule has 1 heterocycles. The normalized spacial score (nSPS) is 25.5. The molecule has 0 saturated carbocycles. The molecule has 4 nitrogen and oxygen atoms in total. The van der Waals surface area contributed by atoms with Crippen molar-refractivity contribution in [1.82, 2.24) is 10.2 Å². The first-order chi connectivity index (χ1) is 8.94. The van der Waals surface area contributed by atoms with E-state index in [2.05, 4.69) is 22.4 Å². The van der Waals surface area contributed by atoms with E-state index >= 15 is 0 Å². The molecule has 0 aromatic rings. The summed E-state index contributed by atoms with van der Waals surface area (Å²) in [5.74, 6) is 0. The van der Waals surface area contributed by atoms with Crippen LogP contribution < -0.4 is 5.32 Å². The van der Waals surface area contributed by atoms with Gasteiger partial charge in [0.2, 0.25) is 0 Å². The van der Waals surface area contributed by atoms with Gasteiger partial charge >= 0.3 is 6.09 Å². The molecule has 0 aromatic carbocycles. The molecule has 108 valence electrons. The van der Waals surface area contributed by atoms with Gasteiger partial charge in [-0.15, -0.1) is 0 Å². The second-order valence-electron chi connectivity index (χ2n) is 6.58. The van der Waals surface area contributed by atoms with Crippen LogP contribution in [-0.2, 0) is 4.74 Å². The molecule has 1 atom stereocenters. The monoisotopic (exact) mass is 266 g/mol. The molecule has 0 aromatic heterocycles. The van der Waals surface area contributed by atoms with Crippen molar-refractivity contribution < 1.29 is 9.53 Å². The molecule has 2 aliphatic rings. The van der Waals surface area contributed by atoms with Crippen molar-refractivity contribution in [2.45, 2.75) is 64.1 Å². The Morgan fingerprint density at radius 3 is 2.63 bits per heavy atom. The predicted molar refractivity (Wildman–Crippen MR) is 76.1 cm³/mol.